The van der Waals surface area contributed by atoms with E-state index in [0.717, 1.165) is 4.88 Å². The highest BCUT2D eigenvalue weighted by molar-refractivity contribution is 7.89. The maximum Gasteiger partial charge on any atom is 0.251 e. The van der Waals surface area contributed by atoms with Crippen LogP contribution in [0, 0.1) is 0 Å². The number of carbonyl (C=O) groups excluding carboxylic acids is 1. The fraction of sp³-hybridized carbons (Fsp3) is 0.353. The molecule has 0 aliphatic carbocycles. The highest BCUT2D eigenvalue weighted by Crippen LogP contribution is 2.25. The molecule has 1 aromatic carbocycles. The van der Waals surface area contributed by atoms with Gasteiger partial charge in [0, 0.05) is 24.1 Å². The number of thiophene rings is 1. The van der Waals surface area contributed by atoms with Crippen molar-refractivity contribution < 1.29 is 22.7 Å². The van der Waals surface area contributed by atoms with Gasteiger partial charge in [-0.1, -0.05) is 6.07 Å². The topological polar surface area (TPSA) is 93.7 Å². The Labute approximate surface area is 157 Å². The van der Waals surface area contributed by atoms with E-state index in [0.29, 0.717) is 0 Å². The van der Waals surface area contributed by atoms with E-state index in [1.54, 1.807) is 11.3 Å². The molecule has 2 rings (SSSR count). The summed E-state index contributed by atoms with van der Waals surface area (Å²) in [4.78, 5) is 13.4. The lowest BCUT2D eigenvalue weighted by Gasteiger charge is -2.15. The van der Waals surface area contributed by atoms with Crippen molar-refractivity contribution in [3.05, 3.63) is 46.2 Å². The number of sulfonamides is 1. The third kappa shape index (κ3) is 5.04. The summed E-state index contributed by atoms with van der Waals surface area (Å²) in [5.41, 5.74) is 0.237. The molecule has 0 saturated heterocycles. The minimum atomic E-state index is -3.84. The van der Waals surface area contributed by atoms with Gasteiger partial charge in [0.15, 0.2) is 0 Å². The normalized spacial score (nSPS) is 12.6. The molecule has 2 aromatic rings. The largest absolute Gasteiger partial charge is 0.495 e. The van der Waals surface area contributed by atoms with Crippen LogP contribution in [0.5, 0.6) is 5.75 Å². The fourth-order valence-corrected chi connectivity index (χ4v) is 4.21. The van der Waals surface area contributed by atoms with Gasteiger partial charge in [0.1, 0.15) is 10.6 Å². The number of hydrogen-bond donors (Lipinski definition) is 2. The van der Waals surface area contributed by atoms with Gasteiger partial charge in [-0.2, -0.15) is 0 Å². The number of ether oxygens (including phenoxy) is 2. The molecule has 0 aliphatic rings. The Morgan fingerprint density at radius 2 is 2.04 bits per heavy atom. The first kappa shape index (κ1) is 20.4. The molecule has 7 nitrogen and oxygen atoms in total. The molecule has 1 heterocycles. The second-order valence-electron chi connectivity index (χ2n) is 5.47. The first-order valence-corrected chi connectivity index (χ1v) is 10.3. The highest BCUT2D eigenvalue weighted by Gasteiger charge is 2.22. The summed E-state index contributed by atoms with van der Waals surface area (Å²) in [5, 5.41) is 4.79. The number of methoxy groups -OCH3 is 2. The van der Waals surface area contributed by atoms with Crippen LogP contribution in [-0.4, -0.2) is 41.7 Å². The van der Waals surface area contributed by atoms with E-state index in [-0.39, 0.29) is 41.3 Å². The zero-order valence-corrected chi connectivity index (χ0v) is 16.4. The van der Waals surface area contributed by atoms with E-state index < -0.39 is 10.0 Å². The Morgan fingerprint density at radius 1 is 1.27 bits per heavy atom. The first-order valence-electron chi connectivity index (χ1n) is 7.90. The summed E-state index contributed by atoms with van der Waals surface area (Å²) in [7, 11) is -0.978. The van der Waals surface area contributed by atoms with E-state index in [1.165, 1.54) is 32.4 Å². The van der Waals surface area contributed by atoms with Crippen molar-refractivity contribution in [2.45, 2.75) is 17.9 Å². The molecule has 0 saturated carbocycles. The van der Waals surface area contributed by atoms with Gasteiger partial charge in [0.2, 0.25) is 10.0 Å². The van der Waals surface area contributed by atoms with Gasteiger partial charge in [-0.25, -0.2) is 13.1 Å². The average molecular weight is 399 g/mol. The third-order valence-corrected chi connectivity index (χ3v) is 6.17. The van der Waals surface area contributed by atoms with Crippen LogP contribution in [0.25, 0.3) is 0 Å². The van der Waals surface area contributed by atoms with Crippen LogP contribution in [0.1, 0.15) is 28.2 Å². The molecule has 1 atom stereocenters. The van der Waals surface area contributed by atoms with Gasteiger partial charge in [0.25, 0.3) is 5.91 Å². The van der Waals surface area contributed by atoms with Crippen molar-refractivity contribution in [2.75, 3.05) is 27.4 Å². The summed E-state index contributed by atoms with van der Waals surface area (Å²) in [6.45, 7) is 2.23. The Balaban J connectivity index is 2.24. The lowest BCUT2D eigenvalue weighted by atomic mass is 10.2. The van der Waals surface area contributed by atoms with Crippen molar-refractivity contribution in [3.8, 4) is 5.75 Å². The summed E-state index contributed by atoms with van der Waals surface area (Å²) in [6.07, 6.45) is 0. The lowest BCUT2D eigenvalue weighted by molar-refractivity contribution is 0.0940. The molecule has 0 radical (unpaired) electrons. The van der Waals surface area contributed by atoms with Crippen LogP contribution in [0.4, 0.5) is 0 Å². The van der Waals surface area contributed by atoms with Gasteiger partial charge < -0.3 is 14.8 Å². The van der Waals surface area contributed by atoms with Crippen LogP contribution in [0.2, 0.25) is 0 Å². The van der Waals surface area contributed by atoms with Crippen molar-refractivity contribution in [1.29, 1.82) is 0 Å². The summed E-state index contributed by atoms with van der Waals surface area (Å²) >= 11 is 1.54. The van der Waals surface area contributed by atoms with Crippen molar-refractivity contribution in [1.82, 2.24) is 10.0 Å². The molecule has 0 spiro atoms. The molecular formula is C17H22N2O5S2. The molecule has 0 fully saturated rings. The zero-order valence-electron chi connectivity index (χ0n) is 14.8. The number of carbonyl (C=O) groups is 1. The first-order chi connectivity index (χ1) is 12.4. The highest BCUT2D eigenvalue weighted by atomic mass is 32.2. The molecule has 0 aliphatic heterocycles. The maximum absolute atomic E-state index is 12.5. The molecule has 2 N–H and O–H groups in total. The SMILES string of the molecule is COCCNS(=O)(=O)c1cc(C(=O)NC(C)c2cccs2)ccc1OC. The van der Waals surface area contributed by atoms with Crippen LogP contribution < -0.4 is 14.8 Å². The minimum absolute atomic E-state index is 0.0903. The van der Waals surface area contributed by atoms with Gasteiger partial charge in [-0.05, 0) is 36.6 Å². The molecule has 142 valence electrons. The van der Waals surface area contributed by atoms with Crippen molar-refractivity contribution in [2.24, 2.45) is 0 Å². The second kappa shape index (κ2) is 9.13. The smallest absolute Gasteiger partial charge is 0.251 e. The van der Waals surface area contributed by atoms with E-state index in [9.17, 15) is 13.2 Å². The van der Waals surface area contributed by atoms with Gasteiger partial charge in [-0.15, -0.1) is 11.3 Å². The fourth-order valence-electron chi connectivity index (χ4n) is 2.27. The predicted octanol–water partition coefficient (Wildman–Crippen LogP) is 2.17. The van der Waals surface area contributed by atoms with Crippen LogP contribution >= 0.6 is 11.3 Å². The van der Waals surface area contributed by atoms with Crippen molar-refractivity contribution in [3.63, 3.8) is 0 Å². The predicted molar refractivity (Wildman–Crippen MR) is 100 cm³/mol. The lowest BCUT2D eigenvalue weighted by Crippen LogP contribution is -2.29. The van der Waals surface area contributed by atoms with Crippen LogP contribution in [-0.2, 0) is 14.8 Å². The molecular weight excluding hydrogens is 376 g/mol. The minimum Gasteiger partial charge on any atom is -0.495 e. The van der Waals surface area contributed by atoms with Crippen LogP contribution in [0.15, 0.2) is 40.6 Å². The molecule has 1 unspecified atom stereocenters. The summed E-state index contributed by atoms with van der Waals surface area (Å²) in [5.74, 6) is -0.195. The van der Waals surface area contributed by atoms with E-state index >= 15 is 0 Å². The number of benzene rings is 1. The standard InChI is InChI=1S/C17H22N2O5S2/c1-12(15-5-4-10-25-15)19-17(20)13-6-7-14(24-3)16(11-13)26(21,22)18-8-9-23-2/h4-7,10-12,18H,8-9H2,1-3H3,(H,19,20). The van der Waals surface area contributed by atoms with E-state index in [4.69, 9.17) is 9.47 Å². The maximum atomic E-state index is 12.5. The molecule has 26 heavy (non-hydrogen) atoms. The van der Waals surface area contributed by atoms with E-state index in [1.807, 2.05) is 24.4 Å². The summed E-state index contributed by atoms with van der Waals surface area (Å²) < 4.78 is 37.4. The summed E-state index contributed by atoms with van der Waals surface area (Å²) in [6, 6.07) is 7.97. The quantitative estimate of drug-likeness (QED) is 0.632. The van der Waals surface area contributed by atoms with Gasteiger partial charge in [0.05, 0.1) is 19.8 Å². The van der Waals surface area contributed by atoms with Gasteiger partial charge in [-0.3, -0.25) is 4.79 Å². The molecule has 1 aromatic heterocycles. The number of rotatable bonds is 9. The Bertz CT molecular complexity index is 835. The second-order valence-corrected chi connectivity index (χ2v) is 8.18. The molecule has 9 heteroatoms. The number of hydrogen-bond acceptors (Lipinski definition) is 6. The van der Waals surface area contributed by atoms with Gasteiger partial charge >= 0.3 is 0 Å². The molecule has 0 bridgehead atoms. The van der Waals surface area contributed by atoms with Crippen LogP contribution in [0.3, 0.4) is 0 Å². The Kier molecular flexibility index (Phi) is 7.15. The third-order valence-electron chi connectivity index (χ3n) is 3.63. The Morgan fingerprint density at radius 3 is 2.65 bits per heavy atom. The van der Waals surface area contributed by atoms with Crippen molar-refractivity contribution >= 4 is 27.3 Å². The zero-order chi connectivity index (χ0) is 19.2. The van der Waals surface area contributed by atoms with E-state index in [2.05, 4.69) is 10.0 Å². The molecule has 1 amide bonds. The Hall–Kier alpha value is -1.94. The monoisotopic (exact) mass is 398 g/mol. The number of nitrogens with one attached hydrogen (secondary N) is 2. The number of amides is 1. The average Bonchev–Trinajstić information content (AvgIpc) is 3.16.